The molecule has 1 aromatic heterocycles. The Morgan fingerprint density at radius 3 is 2.21 bits per heavy atom. The summed E-state index contributed by atoms with van der Waals surface area (Å²) in [5.41, 5.74) is 0.270. The lowest BCUT2D eigenvalue weighted by Gasteiger charge is -2.06. The van der Waals surface area contributed by atoms with Crippen LogP contribution < -0.4 is 4.72 Å². The van der Waals surface area contributed by atoms with Gasteiger partial charge in [0.2, 0.25) is 5.95 Å². The highest BCUT2D eigenvalue weighted by atomic mass is 79.9. The van der Waals surface area contributed by atoms with E-state index in [4.69, 9.17) is 0 Å². The van der Waals surface area contributed by atoms with E-state index in [-0.39, 0.29) is 16.4 Å². The predicted octanol–water partition coefficient (Wildman–Crippen LogP) is 1.85. The summed E-state index contributed by atoms with van der Waals surface area (Å²) in [6.07, 6.45) is 3.05. The van der Waals surface area contributed by atoms with Gasteiger partial charge in [0.25, 0.3) is 10.0 Å². The Balaban J connectivity index is 2.25. The number of hydrogen-bond acceptors (Lipinski definition) is 5. The lowest BCUT2D eigenvalue weighted by atomic mass is 10.4. The Hall–Kier alpha value is -1.80. The van der Waals surface area contributed by atoms with E-state index < -0.39 is 10.0 Å². The number of aromatic nitrogens is 2. The predicted molar refractivity (Wildman–Crippen MR) is 72.4 cm³/mol. The molecule has 98 valence electrons. The van der Waals surface area contributed by atoms with E-state index in [0.29, 0.717) is 6.29 Å². The van der Waals surface area contributed by atoms with Crippen LogP contribution in [-0.4, -0.2) is 24.7 Å². The first-order valence-corrected chi connectivity index (χ1v) is 7.34. The normalized spacial score (nSPS) is 11.0. The summed E-state index contributed by atoms with van der Waals surface area (Å²) in [7, 11) is -3.73. The number of nitrogens with one attached hydrogen (secondary N) is 1. The van der Waals surface area contributed by atoms with Crippen molar-refractivity contribution in [1.29, 1.82) is 0 Å². The highest BCUT2D eigenvalue weighted by Gasteiger charge is 2.15. The Morgan fingerprint density at radius 1 is 1.11 bits per heavy atom. The number of anilines is 1. The quantitative estimate of drug-likeness (QED) is 0.857. The molecule has 0 amide bonds. The zero-order chi connectivity index (χ0) is 13.9. The fourth-order valence-electron chi connectivity index (χ4n) is 1.24. The fourth-order valence-corrected chi connectivity index (χ4v) is 2.47. The number of hydrogen-bond donors (Lipinski definition) is 1. The standard InChI is InChI=1S/C11H8BrN3O3S/c12-9-1-3-10(4-2-9)19(17,18)15-11-13-5-8(7-16)6-14-11/h1-7H,(H,13,14,15). The SMILES string of the molecule is O=Cc1cnc(NS(=O)(=O)c2ccc(Br)cc2)nc1. The second kappa shape index (κ2) is 5.45. The number of carbonyl (C=O) groups excluding carboxylic acids is 1. The summed E-state index contributed by atoms with van der Waals surface area (Å²) < 4.78 is 27.0. The van der Waals surface area contributed by atoms with Gasteiger partial charge in [-0.1, -0.05) is 15.9 Å². The Labute approximate surface area is 118 Å². The van der Waals surface area contributed by atoms with Crippen LogP contribution in [0.2, 0.25) is 0 Å². The van der Waals surface area contributed by atoms with Gasteiger partial charge in [-0.05, 0) is 24.3 Å². The van der Waals surface area contributed by atoms with E-state index in [0.717, 1.165) is 4.47 Å². The average molecular weight is 342 g/mol. The summed E-state index contributed by atoms with van der Waals surface area (Å²) in [4.78, 5) is 18.0. The average Bonchev–Trinajstić information content (AvgIpc) is 2.40. The molecular weight excluding hydrogens is 334 g/mol. The Bertz CT molecular complexity index is 684. The second-order valence-electron chi connectivity index (χ2n) is 3.52. The summed E-state index contributed by atoms with van der Waals surface area (Å²) in [5.74, 6) is -0.0893. The highest BCUT2D eigenvalue weighted by molar-refractivity contribution is 9.10. The molecule has 0 aliphatic heterocycles. The van der Waals surface area contributed by atoms with Gasteiger partial charge in [-0.15, -0.1) is 0 Å². The fraction of sp³-hybridized carbons (Fsp3) is 0. The Morgan fingerprint density at radius 2 is 1.68 bits per heavy atom. The third-order valence-corrected chi connectivity index (χ3v) is 4.03. The number of rotatable bonds is 4. The van der Waals surface area contributed by atoms with Crippen molar-refractivity contribution < 1.29 is 13.2 Å². The molecule has 0 aliphatic rings. The summed E-state index contributed by atoms with van der Waals surface area (Å²) in [5, 5.41) is 0. The highest BCUT2D eigenvalue weighted by Crippen LogP contribution is 2.16. The largest absolute Gasteiger partial charge is 0.298 e. The minimum absolute atomic E-state index is 0.0893. The van der Waals surface area contributed by atoms with Gasteiger partial charge in [0.05, 0.1) is 10.5 Å². The summed E-state index contributed by atoms with van der Waals surface area (Å²) in [6, 6.07) is 6.13. The third-order valence-electron chi connectivity index (χ3n) is 2.16. The van der Waals surface area contributed by atoms with E-state index in [1.165, 1.54) is 24.5 Å². The molecule has 2 rings (SSSR count). The molecule has 2 aromatic rings. The van der Waals surface area contributed by atoms with E-state index >= 15 is 0 Å². The number of halogens is 1. The first kappa shape index (κ1) is 13.6. The molecule has 0 spiro atoms. The van der Waals surface area contributed by atoms with Crippen molar-refractivity contribution in [2.45, 2.75) is 4.90 Å². The number of benzene rings is 1. The molecule has 0 unspecified atom stereocenters. The van der Waals surface area contributed by atoms with Crippen molar-refractivity contribution in [3.8, 4) is 0 Å². The zero-order valence-electron chi connectivity index (χ0n) is 9.45. The molecule has 8 heteroatoms. The van der Waals surface area contributed by atoms with Crippen LogP contribution in [0.25, 0.3) is 0 Å². The minimum atomic E-state index is -3.73. The molecule has 0 saturated heterocycles. The van der Waals surface area contributed by atoms with Gasteiger partial charge in [0.15, 0.2) is 6.29 Å². The molecule has 1 heterocycles. The minimum Gasteiger partial charge on any atom is -0.298 e. The Kier molecular flexibility index (Phi) is 3.91. The van der Waals surface area contributed by atoms with Crippen molar-refractivity contribution >= 4 is 38.2 Å². The number of sulfonamides is 1. The van der Waals surface area contributed by atoms with Crippen molar-refractivity contribution in [2.75, 3.05) is 4.72 Å². The summed E-state index contributed by atoms with van der Waals surface area (Å²) in [6.45, 7) is 0. The molecular formula is C11H8BrN3O3S. The molecule has 0 saturated carbocycles. The first-order chi connectivity index (χ1) is 9.01. The van der Waals surface area contributed by atoms with Crippen molar-refractivity contribution in [3.05, 3.63) is 46.7 Å². The molecule has 0 radical (unpaired) electrons. The van der Waals surface area contributed by atoms with E-state index in [1.54, 1.807) is 12.1 Å². The van der Waals surface area contributed by atoms with Crippen molar-refractivity contribution in [2.24, 2.45) is 0 Å². The molecule has 1 N–H and O–H groups in total. The van der Waals surface area contributed by atoms with E-state index in [9.17, 15) is 13.2 Å². The first-order valence-electron chi connectivity index (χ1n) is 5.07. The zero-order valence-corrected chi connectivity index (χ0v) is 11.8. The topological polar surface area (TPSA) is 89.0 Å². The molecule has 0 bridgehead atoms. The lowest BCUT2D eigenvalue weighted by Crippen LogP contribution is -2.15. The smallest absolute Gasteiger partial charge is 0.264 e. The van der Waals surface area contributed by atoms with Gasteiger partial charge >= 0.3 is 0 Å². The number of aldehydes is 1. The lowest BCUT2D eigenvalue weighted by molar-refractivity contribution is 0.112. The molecule has 0 fully saturated rings. The van der Waals surface area contributed by atoms with Crippen molar-refractivity contribution in [1.82, 2.24) is 9.97 Å². The maximum absolute atomic E-state index is 12.0. The molecule has 0 aliphatic carbocycles. The monoisotopic (exact) mass is 341 g/mol. The van der Waals surface area contributed by atoms with Crippen LogP contribution in [-0.2, 0) is 10.0 Å². The maximum Gasteiger partial charge on any atom is 0.264 e. The summed E-state index contributed by atoms with van der Waals surface area (Å²) >= 11 is 3.22. The van der Waals surface area contributed by atoms with Gasteiger partial charge in [-0.25, -0.2) is 23.1 Å². The van der Waals surface area contributed by atoms with Crippen LogP contribution in [0.1, 0.15) is 10.4 Å². The molecule has 0 atom stereocenters. The molecule has 19 heavy (non-hydrogen) atoms. The number of carbonyl (C=O) groups is 1. The van der Waals surface area contributed by atoms with Gasteiger partial charge in [-0.3, -0.25) is 4.79 Å². The van der Waals surface area contributed by atoms with Crippen LogP contribution in [0.4, 0.5) is 5.95 Å². The molecule has 1 aromatic carbocycles. The van der Waals surface area contributed by atoms with E-state index in [2.05, 4.69) is 30.6 Å². The van der Waals surface area contributed by atoms with Crippen LogP contribution >= 0.6 is 15.9 Å². The van der Waals surface area contributed by atoms with Crippen LogP contribution in [0.3, 0.4) is 0 Å². The van der Waals surface area contributed by atoms with Crippen molar-refractivity contribution in [3.63, 3.8) is 0 Å². The van der Waals surface area contributed by atoms with Crippen LogP contribution in [0.15, 0.2) is 46.0 Å². The maximum atomic E-state index is 12.0. The second-order valence-corrected chi connectivity index (χ2v) is 6.12. The van der Waals surface area contributed by atoms with Crippen LogP contribution in [0, 0.1) is 0 Å². The van der Waals surface area contributed by atoms with Gasteiger partial charge in [-0.2, -0.15) is 0 Å². The van der Waals surface area contributed by atoms with Gasteiger partial charge in [0.1, 0.15) is 0 Å². The van der Waals surface area contributed by atoms with Gasteiger partial charge in [0, 0.05) is 16.9 Å². The van der Waals surface area contributed by atoms with Crippen LogP contribution in [0.5, 0.6) is 0 Å². The number of nitrogens with zero attached hydrogens (tertiary/aromatic N) is 2. The third kappa shape index (κ3) is 3.36. The molecule has 6 nitrogen and oxygen atoms in total. The van der Waals surface area contributed by atoms with Gasteiger partial charge < -0.3 is 0 Å². The van der Waals surface area contributed by atoms with E-state index in [1.807, 2.05) is 0 Å².